The molecule has 146 valence electrons. The zero-order valence-electron chi connectivity index (χ0n) is 15.7. The Morgan fingerprint density at radius 3 is 2.68 bits per heavy atom. The first-order valence-electron chi connectivity index (χ1n) is 8.42. The predicted molar refractivity (Wildman–Crippen MR) is 109 cm³/mol. The van der Waals surface area contributed by atoms with E-state index >= 15 is 0 Å². The molecule has 0 aliphatic carbocycles. The number of carbonyl (C=O) groups is 1. The molecule has 3 rings (SSSR count). The Balaban J connectivity index is 1.73. The van der Waals surface area contributed by atoms with E-state index in [1.54, 1.807) is 23.5 Å². The molecule has 7 nitrogen and oxygen atoms in total. The highest BCUT2D eigenvalue weighted by molar-refractivity contribution is 7.98. The maximum absolute atomic E-state index is 12.6. The Morgan fingerprint density at radius 2 is 1.96 bits per heavy atom. The molecule has 0 amide bonds. The van der Waals surface area contributed by atoms with Gasteiger partial charge in [0.05, 0.1) is 22.0 Å². The second kappa shape index (κ2) is 8.57. The molecule has 2 heterocycles. The molecule has 0 atom stereocenters. The molecule has 1 aromatic carbocycles. The second-order valence-corrected chi connectivity index (χ2v) is 8.17. The van der Waals surface area contributed by atoms with Gasteiger partial charge in [0.1, 0.15) is 6.61 Å². The highest BCUT2D eigenvalue weighted by Gasteiger charge is 2.15. The highest BCUT2D eigenvalue weighted by atomic mass is 32.2. The minimum Gasteiger partial charge on any atom is -0.456 e. The Hall–Kier alpha value is -2.65. The van der Waals surface area contributed by atoms with E-state index in [0.29, 0.717) is 17.0 Å². The Labute approximate surface area is 169 Å². The number of carbonyl (C=O) groups excluding carboxylic acids is 1. The van der Waals surface area contributed by atoms with Crippen molar-refractivity contribution in [2.45, 2.75) is 24.2 Å². The Kier molecular flexibility index (Phi) is 6.15. The van der Waals surface area contributed by atoms with Crippen molar-refractivity contribution in [1.82, 2.24) is 14.1 Å². The van der Waals surface area contributed by atoms with Gasteiger partial charge >= 0.3 is 11.7 Å². The first-order chi connectivity index (χ1) is 13.4. The number of aromatic nitrogens is 3. The quantitative estimate of drug-likeness (QED) is 0.453. The number of nitrogens with zero attached hydrogens (tertiary/aromatic N) is 3. The van der Waals surface area contributed by atoms with Crippen molar-refractivity contribution in [3.63, 3.8) is 0 Å². The lowest BCUT2D eigenvalue weighted by Gasteiger charge is -2.11. The summed E-state index contributed by atoms with van der Waals surface area (Å²) >= 11 is 3.10. The second-order valence-electron chi connectivity index (χ2n) is 6.09. The van der Waals surface area contributed by atoms with Gasteiger partial charge < -0.3 is 4.74 Å². The third-order valence-corrected chi connectivity index (χ3v) is 6.06. The van der Waals surface area contributed by atoms with Crippen molar-refractivity contribution < 1.29 is 9.53 Å². The zero-order valence-corrected chi connectivity index (χ0v) is 17.3. The van der Waals surface area contributed by atoms with Gasteiger partial charge in [0, 0.05) is 36.2 Å². The lowest BCUT2D eigenvalue weighted by molar-refractivity contribution is 0.0458. The topological polar surface area (TPSA) is 83.2 Å². The predicted octanol–water partition coefficient (Wildman–Crippen LogP) is 2.50. The van der Waals surface area contributed by atoms with Crippen LogP contribution in [-0.2, 0) is 31.2 Å². The van der Waals surface area contributed by atoms with E-state index in [4.69, 9.17) is 4.74 Å². The molecule has 0 radical (unpaired) electrons. The molecule has 2 aromatic heterocycles. The maximum Gasteiger partial charge on any atom is 0.339 e. The van der Waals surface area contributed by atoms with E-state index in [1.807, 2.05) is 24.4 Å². The molecule has 3 aromatic rings. The Morgan fingerprint density at radius 1 is 1.21 bits per heavy atom. The lowest BCUT2D eigenvalue weighted by Crippen LogP contribution is -2.38. The molecule has 28 heavy (non-hydrogen) atoms. The largest absolute Gasteiger partial charge is 0.456 e. The highest BCUT2D eigenvalue weighted by Crippen LogP contribution is 2.27. The molecular formula is C19H19N3O4S2. The van der Waals surface area contributed by atoms with Gasteiger partial charge in [-0.1, -0.05) is 12.1 Å². The fraction of sp³-hybridized carbons (Fsp3) is 0.263. The maximum atomic E-state index is 12.6. The molecule has 0 aliphatic rings. The summed E-state index contributed by atoms with van der Waals surface area (Å²) in [5.41, 5.74) is 0.834. The van der Waals surface area contributed by atoms with Crippen LogP contribution in [0, 0.1) is 6.92 Å². The molecule has 0 saturated carbocycles. The number of thioether (sulfide) groups is 1. The molecule has 0 spiro atoms. The summed E-state index contributed by atoms with van der Waals surface area (Å²) in [6.07, 6.45) is 0. The van der Waals surface area contributed by atoms with Crippen molar-refractivity contribution in [2.24, 2.45) is 14.1 Å². The molecule has 0 saturated heterocycles. The number of esters is 1. The van der Waals surface area contributed by atoms with E-state index in [1.165, 1.54) is 36.5 Å². The fourth-order valence-electron chi connectivity index (χ4n) is 2.52. The molecule has 0 fully saturated rings. The van der Waals surface area contributed by atoms with Crippen LogP contribution in [0.1, 0.15) is 26.8 Å². The molecule has 0 N–H and O–H groups in total. The van der Waals surface area contributed by atoms with E-state index in [0.717, 1.165) is 20.2 Å². The summed E-state index contributed by atoms with van der Waals surface area (Å²) in [7, 11) is 2.93. The van der Waals surface area contributed by atoms with E-state index in [-0.39, 0.29) is 6.61 Å². The number of hydrogen-bond acceptors (Lipinski definition) is 7. The number of aryl methyl sites for hydroxylation is 1. The van der Waals surface area contributed by atoms with E-state index < -0.39 is 17.2 Å². The first kappa shape index (κ1) is 20.1. The molecule has 0 unspecified atom stereocenters. The van der Waals surface area contributed by atoms with Gasteiger partial charge in [-0.15, -0.1) is 23.1 Å². The van der Waals surface area contributed by atoms with Gasteiger partial charge in [-0.25, -0.2) is 14.6 Å². The third kappa shape index (κ3) is 4.42. The summed E-state index contributed by atoms with van der Waals surface area (Å²) in [6, 6.07) is 8.46. The average Bonchev–Trinajstić information content (AvgIpc) is 3.11. The van der Waals surface area contributed by atoms with Crippen molar-refractivity contribution in [3.05, 3.63) is 78.5 Å². The van der Waals surface area contributed by atoms with Crippen molar-refractivity contribution in [3.8, 4) is 0 Å². The number of ether oxygens (including phenoxy) is 1. The third-order valence-electron chi connectivity index (χ3n) is 4.13. The monoisotopic (exact) mass is 417 g/mol. The van der Waals surface area contributed by atoms with Crippen LogP contribution < -0.4 is 11.2 Å². The van der Waals surface area contributed by atoms with Gasteiger partial charge in [-0.2, -0.15) is 0 Å². The lowest BCUT2D eigenvalue weighted by atomic mass is 10.2. The summed E-state index contributed by atoms with van der Waals surface area (Å²) in [6.45, 7) is 1.79. The van der Waals surface area contributed by atoms with Crippen molar-refractivity contribution in [2.75, 3.05) is 0 Å². The van der Waals surface area contributed by atoms with E-state index in [9.17, 15) is 14.4 Å². The van der Waals surface area contributed by atoms with Crippen molar-refractivity contribution in [1.29, 1.82) is 0 Å². The first-order valence-corrected chi connectivity index (χ1v) is 10.3. The fourth-order valence-corrected chi connectivity index (χ4v) is 4.17. The average molecular weight is 418 g/mol. The smallest absolute Gasteiger partial charge is 0.339 e. The van der Waals surface area contributed by atoms with Crippen LogP contribution >= 0.6 is 23.1 Å². The molecule has 9 heteroatoms. The van der Waals surface area contributed by atoms with Crippen LogP contribution in [0.3, 0.4) is 0 Å². The number of rotatable bonds is 6. The van der Waals surface area contributed by atoms with Gasteiger partial charge in [0.2, 0.25) is 0 Å². The number of hydrogen-bond donors (Lipinski definition) is 0. The van der Waals surface area contributed by atoms with Crippen LogP contribution in [0.15, 0.2) is 50.2 Å². The SMILES string of the molecule is Cc1nc(CSc2ccccc2C(=O)OCc2cc(=O)n(C)c(=O)n2C)cs1. The molecule has 0 aliphatic heterocycles. The van der Waals surface area contributed by atoms with Crippen LogP contribution in [0.2, 0.25) is 0 Å². The summed E-state index contributed by atoms with van der Waals surface area (Å²) in [4.78, 5) is 41.6. The molecule has 0 bridgehead atoms. The van der Waals surface area contributed by atoms with Gasteiger partial charge in [0.15, 0.2) is 0 Å². The van der Waals surface area contributed by atoms with Gasteiger partial charge in [0.25, 0.3) is 5.56 Å². The minimum absolute atomic E-state index is 0.162. The summed E-state index contributed by atoms with van der Waals surface area (Å²) in [5.74, 6) is 0.142. The van der Waals surface area contributed by atoms with Crippen LogP contribution in [0.25, 0.3) is 0 Å². The Bertz CT molecular complexity index is 1130. The number of benzene rings is 1. The van der Waals surface area contributed by atoms with Crippen molar-refractivity contribution >= 4 is 29.1 Å². The summed E-state index contributed by atoms with van der Waals surface area (Å²) < 4.78 is 7.66. The van der Waals surface area contributed by atoms with Gasteiger partial charge in [-0.05, 0) is 19.1 Å². The minimum atomic E-state index is -0.509. The van der Waals surface area contributed by atoms with Gasteiger partial charge in [-0.3, -0.25) is 13.9 Å². The normalized spacial score (nSPS) is 10.8. The van der Waals surface area contributed by atoms with Crippen LogP contribution in [0.4, 0.5) is 0 Å². The summed E-state index contributed by atoms with van der Waals surface area (Å²) in [5, 5.41) is 3.00. The van der Waals surface area contributed by atoms with Crippen LogP contribution in [-0.4, -0.2) is 20.1 Å². The van der Waals surface area contributed by atoms with E-state index in [2.05, 4.69) is 4.98 Å². The zero-order chi connectivity index (χ0) is 20.3. The van der Waals surface area contributed by atoms with Crippen LogP contribution in [0.5, 0.6) is 0 Å². The molecular weight excluding hydrogens is 398 g/mol. The number of thiazole rings is 1. The standard InChI is InChI=1S/C19H19N3O4S2/c1-12-20-13(10-27-12)11-28-16-7-5-4-6-15(16)18(24)26-9-14-8-17(23)22(3)19(25)21(14)2/h4-8,10H,9,11H2,1-3H3.